The molecule has 0 radical (unpaired) electrons. The monoisotopic (exact) mass is 405 g/mol. The fraction of sp³-hybridized carbons (Fsp3) is 0.0476. The van der Waals surface area contributed by atoms with Crippen molar-refractivity contribution >= 4 is 38.9 Å². The van der Waals surface area contributed by atoms with Gasteiger partial charge in [-0.25, -0.2) is 4.98 Å². The van der Waals surface area contributed by atoms with Crippen LogP contribution in [0.3, 0.4) is 0 Å². The summed E-state index contributed by atoms with van der Waals surface area (Å²) >= 11 is 3.36. The number of hydrogen-bond acceptors (Lipinski definition) is 3. The van der Waals surface area contributed by atoms with Gasteiger partial charge < -0.3 is 10.1 Å². The number of aromatic amines is 1. The molecule has 1 heterocycles. The third-order valence-corrected chi connectivity index (χ3v) is 4.70. The Balaban J connectivity index is 1.68. The number of H-pyrrole nitrogens is 1. The highest BCUT2D eigenvalue weighted by Gasteiger charge is 2.06. The molecule has 4 aromatic rings. The maximum absolute atomic E-state index is 10.2. The van der Waals surface area contributed by atoms with Crippen LogP contribution in [-0.4, -0.2) is 21.3 Å². The molecule has 5 heteroatoms. The van der Waals surface area contributed by atoms with E-state index in [0.717, 1.165) is 33.7 Å². The Kier molecular flexibility index (Phi) is 4.31. The highest BCUT2D eigenvalue weighted by atomic mass is 79.9. The molecule has 1 aromatic heterocycles. The molecule has 2 N–H and O–H groups in total. The number of aryl methyl sites for hydroxylation is 1. The highest BCUT2D eigenvalue weighted by molar-refractivity contribution is 9.10. The number of hydrogen-bond donors (Lipinski definition) is 2. The molecule has 0 spiro atoms. The first-order chi connectivity index (χ1) is 12.6. The number of aromatic hydroxyl groups is 1. The predicted molar refractivity (Wildman–Crippen MR) is 109 cm³/mol. The minimum absolute atomic E-state index is 0.188. The van der Waals surface area contributed by atoms with E-state index < -0.39 is 0 Å². The summed E-state index contributed by atoms with van der Waals surface area (Å²) in [4.78, 5) is 12.5. The van der Waals surface area contributed by atoms with Gasteiger partial charge in [-0.2, -0.15) is 0 Å². The number of phenols is 1. The van der Waals surface area contributed by atoms with Gasteiger partial charge in [-0.1, -0.05) is 24.3 Å². The number of imidazole rings is 1. The van der Waals surface area contributed by atoms with Crippen molar-refractivity contribution in [3.63, 3.8) is 0 Å². The molecule has 0 saturated carbocycles. The van der Waals surface area contributed by atoms with Crippen LogP contribution < -0.4 is 0 Å². The van der Waals surface area contributed by atoms with Crippen molar-refractivity contribution in [3.8, 4) is 17.1 Å². The van der Waals surface area contributed by atoms with E-state index in [2.05, 4.69) is 30.9 Å². The van der Waals surface area contributed by atoms with Gasteiger partial charge in [0.2, 0.25) is 0 Å². The smallest absolute Gasteiger partial charge is 0.138 e. The number of nitrogens with zero attached hydrogens (tertiary/aromatic N) is 2. The summed E-state index contributed by atoms with van der Waals surface area (Å²) in [6, 6.07) is 19.5. The molecule has 0 saturated heterocycles. The minimum atomic E-state index is 0.188. The van der Waals surface area contributed by atoms with E-state index in [1.807, 2.05) is 67.6 Å². The number of aliphatic imine (C=N–C) groups is 1. The second-order valence-corrected chi connectivity index (χ2v) is 6.95. The quantitative estimate of drug-likeness (QED) is 0.425. The van der Waals surface area contributed by atoms with Crippen LogP contribution in [0, 0.1) is 6.92 Å². The average molecular weight is 406 g/mol. The molecule has 26 heavy (non-hydrogen) atoms. The van der Waals surface area contributed by atoms with E-state index >= 15 is 0 Å². The topological polar surface area (TPSA) is 61.3 Å². The fourth-order valence-electron chi connectivity index (χ4n) is 2.83. The standard InChI is InChI=1S/C21H16BrN3O/c1-13-9-15(20(26)17(22)10-13)12-23-16-6-4-5-14(11-16)21-24-18-7-2-3-8-19(18)25-21/h2-12,26H,1H3,(H,24,25). The summed E-state index contributed by atoms with van der Waals surface area (Å²) in [5, 5.41) is 10.2. The molecule has 4 rings (SSSR count). The summed E-state index contributed by atoms with van der Waals surface area (Å²) in [7, 11) is 0. The Bertz CT molecular complexity index is 1100. The molecular formula is C21H16BrN3O. The lowest BCUT2D eigenvalue weighted by Crippen LogP contribution is -1.86. The maximum Gasteiger partial charge on any atom is 0.138 e. The Morgan fingerprint density at radius 2 is 1.92 bits per heavy atom. The SMILES string of the molecule is Cc1cc(Br)c(O)c(C=Nc2cccc(-c3nc4ccccc4[nH]3)c2)c1. The van der Waals surface area contributed by atoms with Crippen LogP contribution in [0.1, 0.15) is 11.1 Å². The molecule has 0 unspecified atom stereocenters. The van der Waals surface area contributed by atoms with Gasteiger partial charge in [0.05, 0.1) is 21.2 Å². The van der Waals surface area contributed by atoms with Crippen LogP contribution in [0.4, 0.5) is 5.69 Å². The lowest BCUT2D eigenvalue weighted by atomic mass is 10.1. The molecule has 0 bridgehead atoms. The van der Waals surface area contributed by atoms with Gasteiger partial charge in [0, 0.05) is 17.3 Å². The van der Waals surface area contributed by atoms with Crippen LogP contribution in [0.25, 0.3) is 22.4 Å². The summed E-state index contributed by atoms with van der Waals surface area (Å²) in [6.45, 7) is 1.98. The molecule has 0 atom stereocenters. The van der Waals surface area contributed by atoms with E-state index in [-0.39, 0.29) is 5.75 Å². The van der Waals surface area contributed by atoms with Gasteiger partial charge in [-0.05, 0) is 64.8 Å². The van der Waals surface area contributed by atoms with E-state index in [1.54, 1.807) is 6.21 Å². The number of aromatic nitrogens is 2. The molecular weight excluding hydrogens is 390 g/mol. The summed E-state index contributed by atoms with van der Waals surface area (Å²) in [5.74, 6) is 0.997. The highest BCUT2D eigenvalue weighted by Crippen LogP contribution is 2.29. The number of rotatable bonds is 3. The average Bonchev–Trinajstić information content (AvgIpc) is 3.08. The van der Waals surface area contributed by atoms with Crippen molar-refractivity contribution in [2.45, 2.75) is 6.92 Å². The van der Waals surface area contributed by atoms with Crippen LogP contribution in [0.2, 0.25) is 0 Å². The summed E-state index contributed by atoms with van der Waals surface area (Å²) in [6.07, 6.45) is 1.67. The van der Waals surface area contributed by atoms with E-state index in [1.165, 1.54) is 0 Å². The van der Waals surface area contributed by atoms with Crippen LogP contribution in [-0.2, 0) is 0 Å². The second-order valence-electron chi connectivity index (χ2n) is 6.10. The first kappa shape index (κ1) is 16.5. The maximum atomic E-state index is 10.2. The lowest BCUT2D eigenvalue weighted by molar-refractivity contribution is 0.471. The molecule has 3 aromatic carbocycles. The molecule has 0 aliphatic heterocycles. The normalized spacial score (nSPS) is 11.5. The number of para-hydroxylation sites is 2. The number of halogens is 1. The van der Waals surface area contributed by atoms with Crippen molar-refractivity contribution in [3.05, 3.63) is 76.3 Å². The van der Waals surface area contributed by atoms with Crippen molar-refractivity contribution in [1.29, 1.82) is 0 Å². The van der Waals surface area contributed by atoms with Crippen molar-refractivity contribution in [2.24, 2.45) is 4.99 Å². The number of nitrogens with one attached hydrogen (secondary N) is 1. The molecule has 4 nitrogen and oxygen atoms in total. The van der Waals surface area contributed by atoms with Crippen molar-refractivity contribution < 1.29 is 5.11 Å². The zero-order chi connectivity index (χ0) is 18.1. The van der Waals surface area contributed by atoms with E-state index in [0.29, 0.717) is 10.0 Å². The largest absolute Gasteiger partial charge is 0.506 e. The molecule has 0 aliphatic carbocycles. The van der Waals surface area contributed by atoms with Crippen LogP contribution in [0.15, 0.2) is 70.1 Å². The number of phenolic OH excluding ortho intramolecular Hbond substituents is 1. The van der Waals surface area contributed by atoms with E-state index in [4.69, 9.17) is 0 Å². The molecule has 0 aliphatic rings. The Labute approximate surface area is 159 Å². The van der Waals surface area contributed by atoms with Gasteiger partial charge >= 0.3 is 0 Å². The summed E-state index contributed by atoms with van der Waals surface area (Å²) < 4.78 is 0.662. The Morgan fingerprint density at radius 1 is 1.08 bits per heavy atom. The number of benzene rings is 3. The zero-order valence-electron chi connectivity index (χ0n) is 14.1. The Morgan fingerprint density at radius 3 is 2.77 bits per heavy atom. The van der Waals surface area contributed by atoms with Gasteiger partial charge in [0.1, 0.15) is 11.6 Å². The third kappa shape index (κ3) is 3.26. The molecule has 0 amide bonds. The van der Waals surface area contributed by atoms with Crippen molar-refractivity contribution in [1.82, 2.24) is 9.97 Å². The summed E-state index contributed by atoms with van der Waals surface area (Å²) in [5.41, 5.74) is 5.42. The van der Waals surface area contributed by atoms with Gasteiger partial charge in [0.25, 0.3) is 0 Å². The molecule has 128 valence electrons. The predicted octanol–water partition coefficient (Wildman–Crippen LogP) is 5.76. The van der Waals surface area contributed by atoms with Crippen LogP contribution in [0.5, 0.6) is 5.75 Å². The van der Waals surface area contributed by atoms with Gasteiger partial charge in [-0.3, -0.25) is 4.99 Å². The fourth-order valence-corrected chi connectivity index (χ4v) is 3.42. The zero-order valence-corrected chi connectivity index (χ0v) is 15.7. The second kappa shape index (κ2) is 6.77. The van der Waals surface area contributed by atoms with Gasteiger partial charge in [-0.15, -0.1) is 0 Å². The van der Waals surface area contributed by atoms with E-state index in [9.17, 15) is 5.11 Å². The van der Waals surface area contributed by atoms with Gasteiger partial charge in [0.15, 0.2) is 0 Å². The van der Waals surface area contributed by atoms with Crippen LogP contribution >= 0.6 is 15.9 Å². The number of fused-ring (bicyclic) bond motifs is 1. The minimum Gasteiger partial charge on any atom is -0.506 e. The Hall–Kier alpha value is -2.92. The third-order valence-electron chi connectivity index (χ3n) is 4.10. The first-order valence-corrected chi connectivity index (χ1v) is 8.98. The molecule has 0 fully saturated rings. The van der Waals surface area contributed by atoms with Crippen molar-refractivity contribution in [2.75, 3.05) is 0 Å². The lowest BCUT2D eigenvalue weighted by Gasteiger charge is -2.04. The first-order valence-electron chi connectivity index (χ1n) is 8.18.